The van der Waals surface area contributed by atoms with Gasteiger partial charge in [-0.05, 0) is 48.9 Å². The number of phenolic OH excluding ortho intramolecular Hbond substituents is 1. The number of hydrogen-bond acceptors (Lipinski definition) is 3. The average Bonchev–Trinajstić information content (AvgIpc) is 2.65. The van der Waals surface area contributed by atoms with Crippen LogP contribution in [0.15, 0.2) is 54.6 Å². The molecule has 1 saturated carbocycles. The number of nitrogens with zero attached hydrogens (tertiary/aromatic N) is 1. The molecule has 2 bridgehead atoms. The van der Waals surface area contributed by atoms with Gasteiger partial charge in [0, 0.05) is 24.5 Å². The van der Waals surface area contributed by atoms with E-state index in [1.807, 2.05) is 12.1 Å². The van der Waals surface area contributed by atoms with Crippen molar-refractivity contribution in [2.45, 2.75) is 49.7 Å². The topological polar surface area (TPSA) is 43.7 Å². The lowest BCUT2D eigenvalue weighted by Crippen LogP contribution is -2.60. The smallest absolute Gasteiger partial charge is 0.115 e. The Kier molecular flexibility index (Phi) is 4.53. The highest BCUT2D eigenvalue weighted by molar-refractivity contribution is 5.36. The highest BCUT2D eigenvalue weighted by Gasteiger charge is 2.49. The molecule has 0 amide bonds. The number of phenols is 1. The molecule has 2 aromatic rings. The summed E-state index contributed by atoms with van der Waals surface area (Å²) < 4.78 is 0. The maximum Gasteiger partial charge on any atom is 0.115 e. The lowest BCUT2D eigenvalue weighted by molar-refractivity contribution is -0.0543. The fourth-order valence-electron chi connectivity index (χ4n) is 4.90. The fraction of sp³-hybridized carbons (Fsp3) is 0.455. The van der Waals surface area contributed by atoms with E-state index in [2.05, 4.69) is 41.3 Å². The SMILES string of the molecule is Oc1cccc([C@]23CCC[C@H](C2)N(CCc2ccccc2)C[C@@H]3O)c1. The molecule has 4 rings (SSSR count). The van der Waals surface area contributed by atoms with E-state index < -0.39 is 0 Å². The number of aliphatic hydroxyl groups excluding tert-OH is 1. The third-order valence-electron chi connectivity index (χ3n) is 6.27. The molecule has 1 aliphatic heterocycles. The summed E-state index contributed by atoms with van der Waals surface area (Å²) in [5.41, 5.74) is 2.27. The van der Waals surface area contributed by atoms with Crippen molar-refractivity contribution < 1.29 is 10.2 Å². The van der Waals surface area contributed by atoms with Crippen LogP contribution in [0.2, 0.25) is 0 Å². The van der Waals surface area contributed by atoms with Gasteiger partial charge in [-0.2, -0.15) is 0 Å². The van der Waals surface area contributed by atoms with Crippen molar-refractivity contribution >= 4 is 0 Å². The van der Waals surface area contributed by atoms with E-state index in [1.54, 1.807) is 6.07 Å². The summed E-state index contributed by atoms with van der Waals surface area (Å²) in [7, 11) is 0. The number of piperidine rings is 1. The van der Waals surface area contributed by atoms with Crippen molar-refractivity contribution in [1.29, 1.82) is 0 Å². The normalized spacial score (nSPS) is 29.5. The quantitative estimate of drug-likeness (QED) is 0.897. The van der Waals surface area contributed by atoms with Crippen LogP contribution in [0.1, 0.15) is 36.8 Å². The molecule has 3 nitrogen and oxygen atoms in total. The van der Waals surface area contributed by atoms with E-state index >= 15 is 0 Å². The molecule has 1 aliphatic carbocycles. The number of benzene rings is 2. The number of aliphatic hydroxyl groups is 1. The van der Waals surface area contributed by atoms with Crippen molar-refractivity contribution in [3.8, 4) is 5.75 Å². The van der Waals surface area contributed by atoms with E-state index in [9.17, 15) is 10.2 Å². The number of fused-ring (bicyclic) bond motifs is 2. The Hall–Kier alpha value is -1.84. The number of β-amino-alcohol motifs (C(OH)–C–C–N with tert-alkyl or cyclic N) is 1. The first-order valence-electron chi connectivity index (χ1n) is 9.43. The maximum atomic E-state index is 11.1. The second-order valence-electron chi connectivity index (χ2n) is 7.70. The summed E-state index contributed by atoms with van der Waals surface area (Å²) in [6, 6.07) is 18.7. The third kappa shape index (κ3) is 3.19. The van der Waals surface area contributed by atoms with Gasteiger partial charge in [-0.1, -0.05) is 48.9 Å². The van der Waals surface area contributed by atoms with Crippen molar-refractivity contribution in [1.82, 2.24) is 4.90 Å². The zero-order valence-electron chi connectivity index (χ0n) is 14.6. The molecular formula is C22H27NO2. The molecule has 0 aromatic heterocycles. The zero-order valence-corrected chi connectivity index (χ0v) is 14.6. The molecule has 0 unspecified atom stereocenters. The molecule has 3 heteroatoms. The lowest BCUT2D eigenvalue weighted by Gasteiger charge is -2.53. The monoisotopic (exact) mass is 337 g/mol. The van der Waals surface area contributed by atoms with Crippen LogP contribution in [0.5, 0.6) is 5.75 Å². The first-order chi connectivity index (χ1) is 12.2. The van der Waals surface area contributed by atoms with Gasteiger partial charge in [0.15, 0.2) is 0 Å². The van der Waals surface area contributed by atoms with Crippen LogP contribution < -0.4 is 0 Å². The molecule has 132 valence electrons. The Labute approximate surface area is 149 Å². The van der Waals surface area contributed by atoms with Crippen molar-refractivity contribution in [3.05, 3.63) is 65.7 Å². The third-order valence-corrected chi connectivity index (χ3v) is 6.27. The standard InChI is InChI=1S/C22H27NO2/c24-20-10-4-8-18(14-20)22-12-5-9-19(15-22)23(16-21(22)25)13-11-17-6-2-1-3-7-17/h1-4,6-8,10,14,19,21,24-25H,5,9,11-13,15-16H2/t19-,21+,22+/m1/s1. The first-order valence-corrected chi connectivity index (χ1v) is 9.43. The highest BCUT2D eigenvalue weighted by Crippen LogP contribution is 2.47. The van der Waals surface area contributed by atoms with E-state index in [0.29, 0.717) is 11.8 Å². The van der Waals surface area contributed by atoms with Gasteiger partial charge in [-0.3, -0.25) is 4.90 Å². The number of aromatic hydroxyl groups is 1. The lowest BCUT2D eigenvalue weighted by atomic mass is 9.62. The molecule has 0 radical (unpaired) electrons. The van der Waals surface area contributed by atoms with E-state index in [0.717, 1.165) is 44.3 Å². The molecular weight excluding hydrogens is 310 g/mol. The molecule has 2 aromatic carbocycles. The summed E-state index contributed by atoms with van der Waals surface area (Å²) in [6.07, 6.45) is 5.01. The van der Waals surface area contributed by atoms with E-state index in [-0.39, 0.29) is 11.5 Å². The molecule has 0 spiro atoms. The summed E-state index contributed by atoms with van der Waals surface area (Å²) in [6.45, 7) is 1.73. The van der Waals surface area contributed by atoms with Crippen LogP contribution in [0.4, 0.5) is 0 Å². The molecule has 2 N–H and O–H groups in total. The van der Waals surface area contributed by atoms with Gasteiger partial charge in [0.2, 0.25) is 0 Å². The number of rotatable bonds is 4. The summed E-state index contributed by atoms with van der Waals surface area (Å²) in [4.78, 5) is 2.48. The van der Waals surface area contributed by atoms with Gasteiger partial charge in [-0.15, -0.1) is 0 Å². The zero-order chi connectivity index (χ0) is 17.3. The molecule has 1 saturated heterocycles. The minimum absolute atomic E-state index is 0.190. The van der Waals surface area contributed by atoms with Gasteiger partial charge in [-0.25, -0.2) is 0 Å². The van der Waals surface area contributed by atoms with Crippen LogP contribution in [0, 0.1) is 0 Å². The number of hydrogen-bond donors (Lipinski definition) is 2. The van der Waals surface area contributed by atoms with E-state index in [4.69, 9.17) is 0 Å². The minimum Gasteiger partial charge on any atom is -0.508 e. The Morgan fingerprint density at radius 1 is 1.08 bits per heavy atom. The summed E-state index contributed by atoms with van der Waals surface area (Å²) in [5, 5.41) is 21.0. The molecule has 2 aliphatic rings. The maximum absolute atomic E-state index is 11.1. The van der Waals surface area contributed by atoms with Gasteiger partial charge < -0.3 is 10.2 Å². The highest BCUT2D eigenvalue weighted by atomic mass is 16.3. The predicted molar refractivity (Wildman–Crippen MR) is 99.8 cm³/mol. The predicted octanol–water partition coefficient (Wildman–Crippen LogP) is 3.49. The first kappa shape index (κ1) is 16.6. The van der Waals surface area contributed by atoms with Crippen molar-refractivity contribution in [2.24, 2.45) is 0 Å². The van der Waals surface area contributed by atoms with Crippen molar-refractivity contribution in [3.63, 3.8) is 0 Å². The van der Waals surface area contributed by atoms with Gasteiger partial charge >= 0.3 is 0 Å². The average molecular weight is 337 g/mol. The summed E-state index contributed by atoms with van der Waals surface area (Å²) >= 11 is 0. The molecule has 1 heterocycles. The largest absolute Gasteiger partial charge is 0.508 e. The van der Waals surface area contributed by atoms with Gasteiger partial charge in [0.25, 0.3) is 0 Å². The van der Waals surface area contributed by atoms with Gasteiger partial charge in [0.05, 0.1) is 6.10 Å². The Morgan fingerprint density at radius 2 is 1.92 bits per heavy atom. The van der Waals surface area contributed by atoms with E-state index in [1.165, 1.54) is 12.0 Å². The minimum atomic E-state index is -0.373. The molecule has 2 fully saturated rings. The van der Waals surface area contributed by atoms with Crippen LogP contribution in [-0.2, 0) is 11.8 Å². The summed E-state index contributed by atoms with van der Waals surface area (Å²) in [5.74, 6) is 0.299. The van der Waals surface area contributed by atoms with Crippen LogP contribution >= 0.6 is 0 Å². The van der Waals surface area contributed by atoms with Crippen LogP contribution in [0.25, 0.3) is 0 Å². The Bertz CT molecular complexity index is 717. The molecule has 3 atom stereocenters. The van der Waals surface area contributed by atoms with Crippen molar-refractivity contribution in [2.75, 3.05) is 13.1 Å². The Morgan fingerprint density at radius 3 is 2.72 bits per heavy atom. The second-order valence-corrected chi connectivity index (χ2v) is 7.70. The van der Waals surface area contributed by atoms with Crippen LogP contribution in [0.3, 0.4) is 0 Å². The van der Waals surface area contributed by atoms with Gasteiger partial charge in [0.1, 0.15) is 5.75 Å². The fourth-order valence-corrected chi connectivity index (χ4v) is 4.90. The van der Waals surface area contributed by atoms with Crippen LogP contribution in [-0.4, -0.2) is 40.3 Å². The molecule has 25 heavy (non-hydrogen) atoms. The Balaban J connectivity index is 1.52. The second kappa shape index (κ2) is 6.81. The number of likely N-dealkylation sites (tertiary alicyclic amines) is 1.